The summed E-state index contributed by atoms with van der Waals surface area (Å²) in [5.74, 6) is 2.83. The lowest BCUT2D eigenvalue weighted by atomic mass is 9.89. The molecule has 4 aromatic rings. The van der Waals surface area contributed by atoms with E-state index >= 15 is 0 Å². The molecule has 166 valence electrons. The zero-order chi connectivity index (χ0) is 22.4. The van der Waals surface area contributed by atoms with Crippen molar-refractivity contribution in [3.63, 3.8) is 0 Å². The molecule has 0 amide bonds. The summed E-state index contributed by atoms with van der Waals surface area (Å²) in [6.45, 7) is 4.27. The first kappa shape index (κ1) is 21.2. The van der Waals surface area contributed by atoms with E-state index in [9.17, 15) is 4.79 Å². The number of ketones is 1. The van der Waals surface area contributed by atoms with Gasteiger partial charge in [-0.1, -0.05) is 18.7 Å². The average Bonchev–Trinajstić information content (AvgIpc) is 3.37. The molecule has 1 aromatic carbocycles. The Labute approximate surface area is 194 Å². The minimum absolute atomic E-state index is 0.0592. The molecule has 0 bridgehead atoms. The number of aromatic nitrogens is 4. The van der Waals surface area contributed by atoms with E-state index in [2.05, 4.69) is 17.1 Å². The molecule has 0 radical (unpaired) electrons. The first-order valence-electron chi connectivity index (χ1n) is 10.5. The Morgan fingerprint density at radius 2 is 2.12 bits per heavy atom. The van der Waals surface area contributed by atoms with Gasteiger partial charge in [-0.2, -0.15) is 0 Å². The summed E-state index contributed by atoms with van der Waals surface area (Å²) in [6.07, 6.45) is 3.35. The predicted molar refractivity (Wildman–Crippen MR) is 127 cm³/mol. The molecule has 1 atom stereocenters. The van der Waals surface area contributed by atoms with Crippen molar-refractivity contribution in [1.82, 2.24) is 19.6 Å². The van der Waals surface area contributed by atoms with Gasteiger partial charge in [-0.15, -0.1) is 21.5 Å². The van der Waals surface area contributed by atoms with Crippen LogP contribution in [0.3, 0.4) is 0 Å². The Morgan fingerprint density at radius 1 is 1.28 bits per heavy atom. The Balaban J connectivity index is 1.48. The highest BCUT2D eigenvalue weighted by Gasteiger charge is 2.25. The zero-order valence-corrected chi connectivity index (χ0v) is 20.1. The SMILES string of the molecule is COc1ccc(OC)c(C(=O)CSc2nnc3c4c5c(sc4nc(C)n23)C[C@H](C)CC5)c1. The van der Waals surface area contributed by atoms with E-state index < -0.39 is 0 Å². The highest BCUT2D eigenvalue weighted by Crippen LogP contribution is 2.39. The molecule has 0 saturated heterocycles. The number of hydrogen-bond donors (Lipinski definition) is 0. The minimum atomic E-state index is -0.0592. The van der Waals surface area contributed by atoms with Gasteiger partial charge in [0.1, 0.15) is 22.2 Å². The fourth-order valence-electron chi connectivity index (χ4n) is 4.30. The third kappa shape index (κ3) is 3.53. The fraction of sp³-hybridized carbons (Fsp3) is 0.391. The first-order chi connectivity index (χ1) is 15.5. The number of thiophene rings is 1. The van der Waals surface area contributed by atoms with Crippen molar-refractivity contribution in [2.75, 3.05) is 20.0 Å². The number of ether oxygens (including phenoxy) is 2. The van der Waals surface area contributed by atoms with Crippen LogP contribution in [0.5, 0.6) is 11.5 Å². The van der Waals surface area contributed by atoms with Gasteiger partial charge >= 0.3 is 0 Å². The number of thioether (sulfide) groups is 1. The van der Waals surface area contributed by atoms with Gasteiger partial charge in [0.05, 0.1) is 30.9 Å². The summed E-state index contributed by atoms with van der Waals surface area (Å²) in [7, 11) is 3.13. The van der Waals surface area contributed by atoms with Crippen molar-refractivity contribution in [3.8, 4) is 11.5 Å². The number of hydrogen-bond acceptors (Lipinski definition) is 8. The number of methoxy groups -OCH3 is 2. The lowest BCUT2D eigenvalue weighted by Crippen LogP contribution is -2.09. The van der Waals surface area contributed by atoms with Gasteiger partial charge in [-0.3, -0.25) is 9.20 Å². The van der Waals surface area contributed by atoms with Crippen LogP contribution in [0.25, 0.3) is 15.9 Å². The summed E-state index contributed by atoms with van der Waals surface area (Å²) < 4.78 is 12.6. The number of carbonyl (C=O) groups is 1. The van der Waals surface area contributed by atoms with Crippen LogP contribution >= 0.6 is 23.1 Å². The molecule has 0 saturated carbocycles. The second kappa shape index (κ2) is 8.37. The van der Waals surface area contributed by atoms with E-state index in [0.717, 1.165) is 34.5 Å². The van der Waals surface area contributed by atoms with Crippen LogP contribution in [-0.2, 0) is 12.8 Å². The average molecular weight is 469 g/mol. The quantitative estimate of drug-likeness (QED) is 0.298. The number of Topliss-reactive ketones (excluding diaryl/α,β-unsaturated/α-hetero) is 1. The Hall–Kier alpha value is -2.65. The van der Waals surface area contributed by atoms with Crippen LogP contribution in [0.2, 0.25) is 0 Å². The number of benzene rings is 1. The molecular weight excluding hydrogens is 444 g/mol. The smallest absolute Gasteiger partial charge is 0.197 e. The number of nitrogens with zero attached hydrogens (tertiary/aromatic N) is 4. The van der Waals surface area contributed by atoms with Crippen LogP contribution < -0.4 is 9.47 Å². The van der Waals surface area contributed by atoms with Gasteiger partial charge in [0, 0.05) is 4.88 Å². The maximum atomic E-state index is 13.0. The highest BCUT2D eigenvalue weighted by molar-refractivity contribution is 7.99. The lowest BCUT2D eigenvalue weighted by Gasteiger charge is -2.17. The van der Waals surface area contributed by atoms with Crippen molar-refractivity contribution in [2.24, 2.45) is 5.92 Å². The van der Waals surface area contributed by atoms with Gasteiger partial charge in [0.15, 0.2) is 16.6 Å². The molecule has 7 nitrogen and oxygen atoms in total. The van der Waals surface area contributed by atoms with E-state index in [1.54, 1.807) is 43.8 Å². The number of fused-ring (bicyclic) bond motifs is 5. The largest absolute Gasteiger partial charge is 0.497 e. The predicted octanol–water partition coefficient (Wildman–Crippen LogP) is 4.76. The molecule has 0 fully saturated rings. The monoisotopic (exact) mass is 468 g/mol. The second-order valence-electron chi connectivity index (χ2n) is 8.11. The molecule has 0 N–H and O–H groups in total. The molecule has 0 unspecified atom stereocenters. The number of aryl methyl sites for hydroxylation is 2. The van der Waals surface area contributed by atoms with E-state index in [4.69, 9.17) is 14.5 Å². The maximum absolute atomic E-state index is 13.0. The number of carbonyl (C=O) groups excluding carboxylic acids is 1. The zero-order valence-electron chi connectivity index (χ0n) is 18.5. The fourth-order valence-corrected chi connectivity index (χ4v) is 6.58. The normalized spacial score (nSPS) is 15.8. The molecule has 9 heteroatoms. The molecule has 1 aliphatic rings. The molecule has 32 heavy (non-hydrogen) atoms. The van der Waals surface area contributed by atoms with Crippen molar-refractivity contribution < 1.29 is 14.3 Å². The lowest BCUT2D eigenvalue weighted by molar-refractivity contribution is 0.101. The molecule has 3 aromatic heterocycles. The van der Waals surface area contributed by atoms with Gasteiger partial charge in [0.2, 0.25) is 0 Å². The molecule has 0 aliphatic heterocycles. The van der Waals surface area contributed by atoms with E-state index in [0.29, 0.717) is 28.1 Å². The summed E-state index contributed by atoms with van der Waals surface area (Å²) >= 11 is 3.15. The van der Waals surface area contributed by atoms with E-state index in [1.165, 1.54) is 28.6 Å². The standard InChI is InChI=1S/C23H24N4O3S2/c1-12-5-7-15-19(9-12)32-22-20(15)21-25-26-23(27(21)13(2)24-22)31-11-17(28)16-10-14(29-3)6-8-18(16)30-4/h6,8,10,12H,5,7,9,11H2,1-4H3/t12-/m1/s1. The van der Waals surface area contributed by atoms with E-state index in [1.807, 2.05) is 11.3 Å². The van der Waals surface area contributed by atoms with Gasteiger partial charge in [-0.25, -0.2) is 4.98 Å². The first-order valence-corrected chi connectivity index (χ1v) is 12.3. The second-order valence-corrected chi connectivity index (χ2v) is 10.1. The summed E-state index contributed by atoms with van der Waals surface area (Å²) in [5, 5.41) is 10.7. The maximum Gasteiger partial charge on any atom is 0.197 e. The van der Waals surface area contributed by atoms with Crippen molar-refractivity contribution >= 4 is 44.7 Å². The van der Waals surface area contributed by atoms with Crippen molar-refractivity contribution in [3.05, 3.63) is 40.0 Å². The molecular formula is C23H24N4O3S2. The topological polar surface area (TPSA) is 78.6 Å². The summed E-state index contributed by atoms with van der Waals surface area (Å²) in [4.78, 5) is 20.3. The highest BCUT2D eigenvalue weighted by atomic mass is 32.2. The molecule has 3 heterocycles. The Morgan fingerprint density at radius 3 is 2.91 bits per heavy atom. The van der Waals surface area contributed by atoms with Crippen LogP contribution in [0, 0.1) is 12.8 Å². The van der Waals surface area contributed by atoms with Gasteiger partial charge in [-0.05, 0) is 55.9 Å². The number of rotatable bonds is 6. The van der Waals surface area contributed by atoms with Crippen molar-refractivity contribution in [2.45, 2.75) is 38.3 Å². The van der Waals surface area contributed by atoms with Crippen LogP contribution in [-0.4, -0.2) is 45.3 Å². The van der Waals surface area contributed by atoms with E-state index in [-0.39, 0.29) is 11.5 Å². The third-order valence-corrected chi connectivity index (χ3v) is 8.05. The van der Waals surface area contributed by atoms with Gasteiger partial charge < -0.3 is 9.47 Å². The van der Waals surface area contributed by atoms with Crippen LogP contribution in [0.4, 0.5) is 0 Å². The minimum Gasteiger partial charge on any atom is -0.497 e. The third-order valence-electron chi connectivity index (χ3n) is 5.98. The molecule has 1 aliphatic carbocycles. The molecule has 0 spiro atoms. The summed E-state index contributed by atoms with van der Waals surface area (Å²) in [5.41, 5.74) is 2.71. The van der Waals surface area contributed by atoms with Crippen molar-refractivity contribution in [1.29, 1.82) is 0 Å². The van der Waals surface area contributed by atoms with Crippen LogP contribution in [0.15, 0.2) is 23.4 Å². The molecule has 5 rings (SSSR count). The Bertz CT molecular complexity index is 1340. The summed E-state index contributed by atoms with van der Waals surface area (Å²) in [6, 6.07) is 5.23. The van der Waals surface area contributed by atoms with Gasteiger partial charge in [0.25, 0.3) is 0 Å². The van der Waals surface area contributed by atoms with Crippen LogP contribution in [0.1, 0.15) is 40.0 Å². The Kier molecular flexibility index (Phi) is 5.54.